The molecule has 1 aliphatic rings. The van der Waals surface area contributed by atoms with Gasteiger partial charge in [-0.15, -0.1) is 0 Å². The first-order valence-electron chi connectivity index (χ1n) is 15.0. The molecule has 6 atom stereocenters. The summed E-state index contributed by atoms with van der Waals surface area (Å²) in [6.45, 7) is 9.13. The van der Waals surface area contributed by atoms with Crippen molar-refractivity contribution in [2.45, 2.75) is 104 Å². The molecule has 264 valence electrons. The lowest BCUT2D eigenvalue weighted by Crippen LogP contribution is -2.68. The summed E-state index contributed by atoms with van der Waals surface area (Å²) < 4.78 is 33.4. The van der Waals surface area contributed by atoms with Crippen LogP contribution in [-0.4, -0.2) is 97.2 Å². The first-order valence-corrected chi connectivity index (χ1v) is 15.0. The minimum Gasteiger partial charge on any atom is -0.463 e. The SMILES string of the molecule is CC(=O)N[C@H]1[C@H]([C@H](OC(C)=O)[C@@H](CNC(=O)c2cc(C)c(OC(C)=O)c(C)c2)OC(C)=O)O[C@@](CC=O)(COC(C)=O)C[C@@H]1OC(C)=O. The fourth-order valence-electron chi connectivity index (χ4n) is 5.46. The average Bonchev–Trinajstić information content (AvgIpc) is 2.95. The molecule has 1 saturated heterocycles. The molecule has 2 amide bonds. The summed E-state index contributed by atoms with van der Waals surface area (Å²) in [4.78, 5) is 97.8. The Hall–Kier alpha value is -4.86. The molecule has 16 nitrogen and oxygen atoms in total. The zero-order valence-electron chi connectivity index (χ0n) is 28.2. The maximum absolute atomic E-state index is 13.3. The number of hydrogen-bond acceptors (Lipinski definition) is 14. The van der Waals surface area contributed by atoms with E-state index in [0.717, 1.165) is 27.7 Å². The van der Waals surface area contributed by atoms with Crippen molar-refractivity contribution < 1.29 is 66.8 Å². The molecule has 1 heterocycles. The summed E-state index contributed by atoms with van der Waals surface area (Å²) in [6.07, 6.45) is -5.91. The number of carbonyl (C=O) groups excluding carboxylic acids is 8. The van der Waals surface area contributed by atoms with Crippen LogP contribution in [0.5, 0.6) is 5.75 Å². The topological polar surface area (TPSA) is 216 Å². The van der Waals surface area contributed by atoms with Crippen LogP contribution >= 0.6 is 0 Å². The zero-order chi connectivity index (χ0) is 36.3. The van der Waals surface area contributed by atoms with Gasteiger partial charge in [-0.05, 0) is 37.1 Å². The monoisotopic (exact) mass is 678 g/mol. The molecule has 0 aliphatic carbocycles. The van der Waals surface area contributed by atoms with E-state index in [1.54, 1.807) is 13.8 Å². The highest BCUT2D eigenvalue weighted by Crippen LogP contribution is 2.37. The predicted octanol–water partition coefficient (Wildman–Crippen LogP) is 0.938. The molecule has 48 heavy (non-hydrogen) atoms. The number of aldehydes is 1. The van der Waals surface area contributed by atoms with Crippen LogP contribution in [0, 0.1) is 13.8 Å². The second kappa shape index (κ2) is 17.3. The Kier molecular flexibility index (Phi) is 14.2. The van der Waals surface area contributed by atoms with E-state index in [0.29, 0.717) is 23.2 Å². The summed E-state index contributed by atoms with van der Waals surface area (Å²) >= 11 is 0. The highest BCUT2D eigenvalue weighted by atomic mass is 16.6. The van der Waals surface area contributed by atoms with Crippen LogP contribution in [0.4, 0.5) is 0 Å². The summed E-state index contributed by atoms with van der Waals surface area (Å²) in [6, 6.07) is 1.71. The van der Waals surface area contributed by atoms with Crippen LogP contribution in [0.2, 0.25) is 0 Å². The second-order valence-corrected chi connectivity index (χ2v) is 11.5. The average molecular weight is 679 g/mol. The fourth-order valence-corrected chi connectivity index (χ4v) is 5.46. The Balaban J connectivity index is 2.63. The first kappa shape index (κ1) is 39.3. The van der Waals surface area contributed by atoms with E-state index < -0.39 is 90.9 Å². The number of rotatable bonds is 14. The van der Waals surface area contributed by atoms with Crippen molar-refractivity contribution in [3.05, 3.63) is 28.8 Å². The van der Waals surface area contributed by atoms with Crippen LogP contribution in [0.25, 0.3) is 0 Å². The standard InChI is InChI=1S/C32H42N2O14/c1-16-11-24(12-17(2)28(16)46-22(7)40)31(42)33-14-26(45-21(6)39)29(47-23(8)41)30-27(34-18(3)36)25(44-20(5)38)13-32(48-30,9-10-35)15-43-19(4)37/h10-12,25-27,29-30H,9,13-15H2,1-8H3,(H,33,42)(H,34,36)/t25-,26+,27+,29+,30+,32+/m0/s1. The molecule has 0 bridgehead atoms. The first-order chi connectivity index (χ1) is 22.4. The van der Waals surface area contributed by atoms with E-state index in [9.17, 15) is 38.4 Å². The van der Waals surface area contributed by atoms with Crippen molar-refractivity contribution in [1.82, 2.24) is 10.6 Å². The van der Waals surface area contributed by atoms with Gasteiger partial charge in [-0.3, -0.25) is 33.6 Å². The number of amides is 2. The van der Waals surface area contributed by atoms with Crippen LogP contribution in [0.1, 0.15) is 75.9 Å². The molecule has 1 aliphatic heterocycles. The van der Waals surface area contributed by atoms with Crippen molar-refractivity contribution in [2.75, 3.05) is 13.2 Å². The maximum Gasteiger partial charge on any atom is 0.308 e. The quantitative estimate of drug-likeness (QED) is 0.121. The van der Waals surface area contributed by atoms with Crippen molar-refractivity contribution in [2.24, 2.45) is 0 Å². The Morgan fingerprint density at radius 3 is 1.98 bits per heavy atom. The number of hydrogen-bond donors (Lipinski definition) is 2. The van der Waals surface area contributed by atoms with Gasteiger partial charge in [-0.1, -0.05) is 0 Å². The van der Waals surface area contributed by atoms with Gasteiger partial charge in [0.25, 0.3) is 5.91 Å². The molecular formula is C32H42N2O14. The van der Waals surface area contributed by atoms with Gasteiger partial charge >= 0.3 is 29.8 Å². The number of aryl methyl sites for hydroxylation is 2. The van der Waals surface area contributed by atoms with Crippen molar-refractivity contribution >= 4 is 47.9 Å². The summed E-state index contributed by atoms with van der Waals surface area (Å²) in [5.41, 5.74) is -0.490. The molecular weight excluding hydrogens is 636 g/mol. The molecule has 0 radical (unpaired) electrons. The summed E-state index contributed by atoms with van der Waals surface area (Å²) in [5, 5.41) is 5.25. The predicted molar refractivity (Wildman–Crippen MR) is 163 cm³/mol. The molecule has 0 saturated carbocycles. The van der Waals surface area contributed by atoms with Crippen molar-refractivity contribution in [3.63, 3.8) is 0 Å². The molecule has 16 heteroatoms. The van der Waals surface area contributed by atoms with Gasteiger partial charge in [0.1, 0.15) is 36.5 Å². The summed E-state index contributed by atoms with van der Waals surface area (Å²) in [7, 11) is 0. The van der Waals surface area contributed by atoms with E-state index in [-0.39, 0.29) is 18.4 Å². The largest absolute Gasteiger partial charge is 0.463 e. The third-order valence-electron chi connectivity index (χ3n) is 7.14. The van der Waals surface area contributed by atoms with E-state index in [1.807, 2.05) is 0 Å². The zero-order valence-corrected chi connectivity index (χ0v) is 28.2. The molecule has 2 N–H and O–H groups in total. The molecule has 0 unspecified atom stereocenters. The van der Waals surface area contributed by atoms with Crippen LogP contribution in [0.15, 0.2) is 12.1 Å². The van der Waals surface area contributed by atoms with Gasteiger partial charge in [-0.2, -0.15) is 0 Å². The molecule has 0 spiro atoms. The van der Waals surface area contributed by atoms with E-state index in [1.165, 1.54) is 26.0 Å². The lowest BCUT2D eigenvalue weighted by molar-refractivity contribution is -0.243. The van der Waals surface area contributed by atoms with Crippen molar-refractivity contribution in [3.8, 4) is 5.75 Å². The smallest absolute Gasteiger partial charge is 0.308 e. The lowest BCUT2D eigenvalue weighted by Gasteiger charge is -2.49. The van der Waals surface area contributed by atoms with Crippen LogP contribution in [-0.2, 0) is 57.2 Å². The van der Waals surface area contributed by atoms with Gasteiger partial charge in [0.05, 0.1) is 12.6 Å². The lowest BCUT2D eigenvalue weighted by atomic mass is 9.82. The van der Waals surface area contributed by atoms with Crippen LogP contribution < -0.4 is 15.4 Å². The van der Waals surface area contributed by atoms with Gasteiger partial charge < -0.3 is 43.8 Å². The van der Waals surface area contributed by atoms with E-state index in [2.05, 4.69) is 10.6 Å². The minimum absolute atomic E-state index is 0.165. The maximum atomic E-state index is 13.3. The Morgan fingerprint density at radius 1 is 0.896 bits per heavy atom. The Morgan fingerprint density at radius 2 is 1.50 bits per heavy atom. The fraction of sp³-hybridized carbons (Fsp3) is 0.562. The normalized spacial score (nSPS) is 21.4. The highest BCUT2D eigenvalue weighted by Gasteiger charge is 2.55. The summed E-state index contributed by atoms with van der Waals surface area (Å²) in [5.74, 6) is -4.68. The number of esters is 5. The van der Waals surface area contributed by atoms with Gasteiger partial charge in [0, 0.05) is 59.9 Å². The van der Waals surface area contributed by atoms with Gasteiger partial charge in [0.2, 0.25) is 5.91 Å². The van der Waals surface area contributed by atoms with Gasteiger partial charge in [0.15, 0.2) is 12.2 Å². The number of carbonyl (C=O) groups is 8. The third kappa shape index (κ3) is 11.4. The molecule has 1 fully saturated rings. The second-order valence-electron chi connectivity index (χ2n) is 11.5. The number of benzene rings is 1. The number of ether oxygens (including phenoxy) is 6. The van der Waals surface area contributed by atoms with Gasteiger partial charge in [-0.25, -0.2) is 0 Å². The highest BCUT2D eigenvalue weighted by molar-refractivity contribution is 5.95. The third-order valence-corrected chi connectivity index (χ3v) is 7.14. The number of nitrogens with one attached hydrogen (secondary N) is 2. The molecule has 1 aromatic carbocycles. The Labute approximate surface area is 277 Å². The molecule has 0 aromatic heterocycles. The molecule has 1 aromatic rings. The molecule has 2 rings (SSSR count). The van der Waals surface area contributed by atoms with Crippen LogP contribution in [0.3, 0.4) is 0 Å². The van der Waals surface area contributed by atoms with Crippen molar-refractivity contribution in [1.29, 1.82) is 0 Å². The Bertz CT molecular complexity index is 1400. The minimum atomic E-state index is -1.64. The van der Waals surface area contributed by atoms with E-state index in [4.69, 9.17) is 28.4 Å². The van der Waals surface area contributed by atoms with E-state index >= 15 is 0 Å².